The molecule has 7 heteroatoms. The van der Waals surface area contributed by atoms with Gasteiger partial charge in [0.05, 0.1) is 12.7 Å². The second-order valence-corrected chi connectivity index (χ2v) is 5.50. The van der Waals surface area contributed by atoms with Crippen LogP contribution in [0.25, 0.3) is 11.3 Å². The minimum atomic E-state index is -0.670. The third kappa shape index (κ3) is 3.45. The first-order valence-corrected chi connectivity index (χ1v) is 7.66. The highest BCUT2D eigenvalue weighted by Gasteiger charge is 2.21. The van der Waals surface area contributed by atoms with Crippen molar-refractivity contribution in [1.82, 2.24) is 15.4 Å². The summed E-state index contributed by atoms with van der Waals surface area (Å²) in [7, 11) is 1.55. The van der Waals surface area contributed by atoms with Crippen molar-refractivity contribution in [3.8, 4) is 22.8 Å². The number of methoxy groups -OCH3 is 1. The summed E-state index contributed by atoms with van der Waals surface area (Å²) in [4.78, 5) is 11.6. The number of rotatable bonds is 6. The number of carbonyl (C=O) groups excluding carboxylic acids is 1. The van der Waals surface area contributed by atoms with E-state index in [-0.39, 0.29) is 5.69 Å². The highest BCUT2D eigenvalue weighted by Crippen LogP contribution is 2.38. The molecule has 0 aliphatic heterocycles. The van der Waals surface area contributed by atoms with Crippen LogP contribution in [0.2, 0.25) is 0 Å². The molecule has 2 aromatic carbocycles. The third-order valence-corrected chi connectivity index (χ3v) is 3.74. The predicted molar refractivity (Wildman–Crippen MR) is 92.4 cm³/mol. The van der Waals surface area contributed by atoms with Crippen molar-refractivity contribution < 1.29 is 14.3 Å². The van der Waals surface area contributed by atoms with Gasteiger partial charge in [-0.2, -0.15) is 15.4 Å². The van der Waals surface area contributed by atoms with E-state index in [0.29, 0.717) is 29.4 Å². The maximum atomic E-state index is 11.6. The van der Waals surface area contributed by atoms with Gasteiger partial charge in [-0.05, 0) is 24.6 Å². The quantitative estimate of drug-likeness (QED) is 0.718. The lowest BCUT2D eigenvalue weighted by atomic mass is 10.1. The summed E-state index contributed by atoms with van der Waals surface area (Å²) in [6.07, 6.45) is 0. The van der Waals surface area contributed by atoms with Crippen molar-refractivity contribution in [2.45, 2.75) is 13.5 Å². The lowest BCUT2D eigenvalue weighted by Crippen LogP contribution is -2.13. The van der Waals surface area contributed by atoms with Crippen LogP contribution in [0.5, 0.6) is 11.5 Å². The van der Waals surface area contributed by atoms with Gasteiger partial charge in [0.1, 0.15) is 12.3 Å². The van der Waals surface area contributed by atoms with E-state index in [0.717, 1.165) is 5.56 Å². The molecule has 3 rings (SSSR count). The molecule has 1 aromatic heterocycles. The topological polar surface area (TPSA) is 103 Å². The average Bonchev–Trinajstić information content (AvgIpc) is 3.11. The Hall–Kier alpha value is -3.35. The zero-order valence-corrected chi connectivity index (χ0v) is 13.9. The largest absolute Gasteiger partial charge is 0.493 e. The molecule has 0 aliphatic rings. The Morgan fingerprint density at radius 1 is 1.16 bits per heavy atom. The van der Waals surface area contributed by atoms with Crippen LogP contribution in [0.3, 0.4) is 0 Å². The van der Waals surface area contributed by atoms with Crippen LogP contribution in [0.15, 0.2) is 42.5 Å². The number of nitrogens with zero attached hydrogens (tertiary/aromatic N) is 2. The van der Waals surface area contributed by atoms with Crippen molar-refractivity contribution in [3.63, 3.8) is 0 Å². The van der Waals surface area contributed by atoms with E-state index in [2.05, 4.69) is 15.4 Å². The Morgan fingerprint density at radius 3 is 2.60 bits per heavy atom. The number of hydrogen-bond acceptors (Lipinski definition) is 5. The molecule has 7 nitrogen and oxygen atoms in total. The number of nitrogens with two attached hydrogens (primary N) is 1. The normalized spacial score (nSPS) is 10.5. The molecule has 3 aromatic rings. The lowest BCUT2D eigenvalue weighted by molar-refractivity contribution is 0.0996. The maximum Gasteiger partial charge on any atom is 0.271 e. The number of H-pyrrole nitrogens is 1. The Labute approximate surface area is 144 Å². The Bertz CT molecular complexity index is 888. The SMILES string of the molecule is COc1cccc(-c2n[nH]nc2C(N)=O)c1OCc1ccc(C)cc1. The van der Waals surface area contributed by atoms with Gasteiger partial charge in [0.15, 0.2) is 17.2 Å². The number of primary amides is 1. The number of benzene rings is 2. The number of hydrogen-bond donors (Lipinski definition) is 2. The zero-order valence-electron chi connectivity index (χ0n) is 13.9. The third-order valence-electron chi connectivity index (χ3n) is 3.74. The minimum absolute atomic E-state index is 0.0495. The molecule has 0 unspecified atom stereocenters. The van der Waals surface area contributed by atoms with Gasteiger partial charge in [-0.15, -0.1) is 0 Å². The van der Waals surface area contributed by atoms with E-state index in [1.54, 1.807) is 25.3 Å². The highest BCUT2D eigenvalue weighted by molar-refractivity contribution is 5.97. The molecule has 128 valence electrons. The van der Waals surface area contributed by atoms with Crippen molar-refractivity contribution in [1.29, 1.82) is 0 Å². The molecule has 0 fully saturated rings. The monoisotopic (exact) mass is 338 g/mol. The molecule has 25 heavy (non-hydrogen) atoms. The number of nitrogens with one attached hydrogen (secondary N) is 1. The fourth-order valence-electron chi connectivity index (χ4n) is 2.44. The molecule has 0 atom stereocenters. The standard InChI is InChI=1S/C18H18N4O3/c1-11-6-8-12(9-7-11)10-25-17-13(4-3-5-14(17)24-2)15-16(18(19)23)21-22-20-15/h3-9H,10H2,1-2H3,(H2,19,23)(H,20,21,22). The van der Waals surface area contributed by atoms with Gasteiger partial charge in [-0.3, -0.25) is 4.79 Å². The van der Waals surface area contributed by atoms with Crippen LogP contribution in [-0.4, -0.2) is 28.4 Å². The molecule has 1 amide bonds. The minimum Gasteiger partial charge on any atom is -0.493 e. The Kier molecular flexibility index (Phi) is 4.65. The van der Waals surface area contributed by atoms with Crippen LogP contribution in [0, 0.1) is 6.92 Å². The van der Waals surface area contributed by atoms with Gasteiger partial charge >= 0.3 is 0 Å². The summed E-state index contributed by atoms with van der Waals surface area (Å²) in [6, 6.07) is 13.4. The molecule has 1 heterocycles. The first-order valence-electron chi connectivity index (χ1n) is 7.66. The second kappa shape index (κ2) is 7.04. The molecule has 0 saturated heterocycles. The van der Waals surface area contributed by atoms with Crippen LogP contribution >= 0.6 is 0 Å². The number of aromatic amines is 1. The summed E-state index contributed by atoms with van der Waals surface area (Å²) >= 11 is 0. The fourth-order valence-corrected chi connectivity index (χ4v) is 2.44. The first-order chi connectivity index (χ1) is 12.1. The lowest BCUT2D eigenvalue weighted by Gasteiger charge is -2.14. The summed E-state index contributed by atoms with van der Waals surface area (Å²) in [5, 5.41) is 10.3. The molecule has 3 N–H and O–H groups in total. The predicted octanol–water partition coefficient (Wildman–Crippen LogP) is 2.47. The number of amides is 1. The number of para-hydroxylation sites is 1. The van der Waals surface area contributed by atoms with E-state index in [1.807, 2.05) is 31.2 Å². The van der Waals surface area contributed by atoms with Crippen molar-refractivity contribution in [2.24, 2.45) is 5.73 Å². The molecule has 0 bridgehead atoms. The fraction of sp³-hybridized carbons (Fsp3) is 0.167. The first kappa shape index (κ1) is 16.5. The van der Waals surface area contributed by atoms with E-state index in [1.165, 1.54) is 5.56 Å². The number of carbonyl (C=O) groups is 1. The van der Waals surface area contributed by atoms with Gasteiger partial charge in [0.2, 0.25) is 0 Å². The highest BCUT2D eigenvalue weighted by atomic mass is 16.5. The van der Waals surface area contributed by atoms with E-state index in [9.17, 15) is 4.79 Å². The smallest absolute Gasteiger partial charge is 0.271 e. The van der Waals surface area contributed by atoms with Gasteiger partial charge in [-0.1, -0.05) is 35.9 Å². The van der Waals surface area contributed by atoms with Crippen molar-refractivity contribution in [2.75, 3.05) is 7.11 Å². The summed E-state index contributed by atoms with van der Waals surface area (Å²) in [5.74, 6) is 0.334. The zero-order chi connectivity index (χ0) is 17.8. The van der Waals surface area contributed by atoms with Crippen LogP contribution in [0.4, 0.5) is 0 Å². The van der Waals surface area contributed by atoms with Gasteiger partial charge in [-0.25, -0.2) is 0 Å². The average molecular weight is 338 g/mol. The maximum absolute atomic E-state index is 11.6. The molecule has 0 spiro atoms. The molecule has 0 saturated carbocycles. The summed E-state index contributed by atoms with van der Waals surface area (Å²) in [5.41, 5.74) is 8.50. The van der Waals surface area contributed by atoms with E-state index < -0.39 is 5.91 Å². The number of ether oxygens (including phenoxy) is 2. The van der Waals surface area contributed by atoms with Gasteiger partial charge in [0, 0.05) is 0 Å². The number of aryl methyl sites for hydroxylation is 1. The molecule has 0 aliphatic carbocycles. The van der Waals surface area contributed by atoms with E-state index >= 15 is 0 Å². The Morgan fingerprint density at radius 2 is 1.92 bits per heavy atom. The molecule has 0 radical (unpaired) electrons. The summed E-state index contributed by atoms with van der Waals surface area (Å²) in [6.45, 7) is 2.37. The summed E-state index contributed by atoms with van der Waals surface area (Å²) < 4.78 is 11.4. The number of aromatic nitrogens is 3. The van der Waals surface area contributed by atoms with Crippen molar-refractivity contribution >= 4 is 5.91 Å². The van der Waals surface area contributed by atoms with Gasteiger partial charge < -0.3 is 15.2 Å². The van der Waals surface area contributed by atoms with Crippen LogP contribution in [0.1, 0.15) is 21.6 Å². The molecular formula is C18H18N4O3. The van der Waals surface area contributed by atoms with Gasteiger partial charge in [0.25, 0.3) is 5.91 Å². The van der Waals surface area contributed by atoms with Crippen LogP contribution in [-0.2, 0) is 6.61 Å². The van der Waals surface area contributed by atoms with E-state index in [4.69, 9.17) is 15.2 Å². The molecular weight excluding hydrogens is 320 g/mol. The van der Waals surface area contributed by atoms with Crippen LogP contribution < -0.4 is 15.2 Å². The second-order valence-electron chi connectivity index (χ2n) is 5.50. The van der Waals surface area contributed by atoms with Crippen molar-refractivity contribution in [3.05, 3.63) is 59.3 Å². The Balaban J connectivity index is 1.98.